The molecule has 0 radical (unpaired) electrons. The summed E-state index contributed by atoms with van der Waals surface area (Å²) in [4.78, 5) is 42.2. The number of benzene rings is 2. The van der Waals surface area contributed by atoms with Gasteiger partial charge in [0.25, 0.3) is 0 Å². The van der Waals surface area contributed by atoms with E-state index in [1.54, 1.807) is 18.2 Å². The quantitative estimate of drug-likeness (QED) is 0.830. The number of hydrogen-bond acceptors (Lipinski definition) is 5. The Kier molecular flexibility index (Phi) is 3.70. The van der Waals surface area contributed by atoms with Crippen molar-refractivity contribution in [2.75, 3.05) is 4.90 Å². The summed E-state index contributed by atoms with van der Waals surface area (Å²) < 4.78 is 0. The number of imide groups is 1. The van der Waals surface area contributed by atoms with Crippen molar-refractivity contribution >= 4 is 23.3 Å². The Labute approximate surface area is 161 Å². The number of carbonyl (C=O) groups is 3. The maximum atomic E-state index is 13.2. The van der Waals surface area contributed by atoms with Crippen LogP contribution in [0.2, 0.25) is 0 Å². The highest BCUT2D eigenvalue weighted by Crippen LogP contribution is 2.47. The van der Waals surface area contributed by atoms with E-state index in [-0.39, 0.29) is 29.4 Å². The van der Waals surface area contributed by atoms with E-state index in [1.807, 2.05) is 35.2 Å². The topological polar surface area (TPSA) is 77.9 Å². The van der Waals surface area contributed by atoms with E-state index in [9.17, 15) is 19.5 Å². The molecule has 1 N–H and O–H groups in total. The van der Waals surface area contributed by atoms with Gasteiger partial charge in [-0.2, -0.15) is 0 Å². The van der Waals surface area contributed by atoms with Gasteiger partial charge in [0, 0.05) is 12.6 Å². The fourth-order valence-corrected chi connectivity index (χ4v) is 4.72. The van der Waals surface area contributed by atoms with E-state index in [2.05, 4.69) is 0 Å². The van der Waals surface area contributed by atoms with Gasteiger partial charge in [0.05, 0.1) is 23.6 Å². The molecule has 6 heteroatoms. The third-order valence-electron chi connectivity index (χ3n) is 5.91. The van der Waals surface area contributed by atoms with Crippen molar-refractivity contribution in [3.05, 3.63) is 72.3 Å². The summed E-state index contributed by atoms with van der Waals surface area (Å²) in [7, 11) is 0. The Bertz CT molecular complexity index is 999. The van der Waals surface area contributed by atoms with Crippen molar-refractivity contribution in [2.24, 2.45) is 11.8 Å². The lowest BCUT2D eigenvalue weighted by atomic mass is 9.90. The first-order chi connectivity index (χ1) is 13.6. The Hall–Kier alpha value is -3.25. The first kappa shape index (κ1) is 16.9. The van der Waals surface area contributed by atoms with Crippen LogP contribution in [0, 0.1) is 11.8 Å². The second-order valence-electron chi connectivity index (χ2n) is 7.43. The molecule has 0 unspecified atom stereocenters. The molecule has 4 atom stereocenters. The summed E-state index contributed by atoms with van der Waals surface area (Å²) in [6.45, 7) is 0.513. The molecule has 3 heterocycles. The number of nitrogens with zero attached hydrogens (tertiary/aromatic N) is 2. The molecular formula is C22H18N2O4. The van der Waals surface area contributed by atoms with Crippen LogP contribution in [-0.2, 0) is 20.9 Å². The van der Waals surface area contributed by atoms with Crippen molar-refractivity contribution in [1.82, 2.24) is 4.90 Å². The number of hydrogen-bond donors (Lipinski definition) is 1. The Morgan fingerprint density at radius 1 is 0.857 bits per heavy atom. The Balaban J connectivity index is 1.52. The minimum Gasteiger partial charge on any atom is -0.508 e. The minimum atomic E-state index is -0.683. The smallest absolute Gasteiger partial charge is 0.239 e. The van der Waals surface area contributed by atoms with Crippen LogP contribution >= 0.6 is 0 Å². The molecule has 3 aliphatic rings. The Morgan fingerprint density at radius 3 is 2.25 bits per heavy atom. The molecule has 2 bridgehead atoms. The lowest BCUT2D eigenvalue weighted by Gasteiger charge is -2.33. The first-order valence-corrected chi connectivity index (χ1v) is 9.25. The van der Waals surface area contributed by atoms with E-state index < -0.39 is 17.9 Å². The van der Waals surface area contributed by atoms with Gasteiger partial charge in [0.2, 0.25) is 11.8 Å². The molecule has 0 spiro atoms. The average Bonchev–Trinajstić information content (AvgIpc) is 3.08. The highest BCUT2D eigenvalue weighted by Gasteiger charge is 2.64. The minimum absolute atomic E-state index is 0.0621. The lowest BCUT2D eigenvalue weighted by molar-refractivity contribution is -0.129. The van der Waals surface area contributed by atoms with Gasteiger partial charge in [-0.05, 0) is 35.9 Å². The van der Waals surface area contributed by atoms with Gasteiger partial charge in [0.15, 0.2) is 5.78 Å². The van der Waals surface area contributed by atoms with Crippen LogP contribution in [0.3, 0.4) is 0 Å². The largest absolute Gasteiger partial charge is 0.508 e. The normalized spacial score (nSPS) is 28.9. The van der Waals surface area contributed by atoms with Crippen LogP contribution in [0.25, 0.3) is 0 Å². The van der Waals surface area contributed by atoms with E-state index in [4.69, 9.17) is 0 Å². The molecule has 0 saturated carbocycles. The molecule has 2 saturated heterocycles. The van der Waals surface area contributed by atoms with Gasteiger partial charge >= 0.3 is 0 Å². The predicted molar refractivity (Wildman–Crippen MR) is 101 cm³/mol. The SMILES string of the molecule is O=C1C=C[C@H]2[C@@H]3C(=O)N(c4ccc(O)cc4)C(=O)[C@@H]3[C@@H]1N2Cc1ccccc1. The zero-order valence-electron chi connectivity index (χ0n) is 14.9. The second-order valence-corrected chi connectivity index (χ2v) is 7.43. The highest BCUT2D eigenvalue weighted by atomic mass is 16.3. The van der Waals surface area contributed by atoms with E-state index >= 15 is 0 Å². The molecule has 2 fully saturated rings. The monoisotopic (exact) mass is 374 g/mol. The molecule has 28 heavy (non-hydrogen) atoms. The summed E-state index contributed by atoms with van der Waals surface area (Å²) in [5.41, 5.74) is 1.46. The Morgan fingerprint density at radius 2 is 1.54 bits per heavy atom. The van der Waals surface area contributed by atoms with Gasteiger partial charge in [0.1, 0.15) is 5.75 Å². The number of phenols is 1. The molecule has 140 valence electrons. The van der Waals surface area contributed by atoms with Crippen molar-refractivity contribution < 1.29 is 19.5 Å². The number of fused-ring (bicyclic) bond motifs is 5. The molecule has 0 aliphatic carbocycles. The van der Waals surface area contributed by atoms with Gasteiger partial charge < -0.3 is 5.11 Å². The number of carbonyl (C=O) groups excluding carboxylic acids is 3. The number of ketones is 1. The van der Waals surface area contributed by atoms with Crippen LogP contribution < -0.4 is 4.90 Å². The van der Waals surface area contributed by atoms with Crippen LogP contribution in [0.1, 0.15) is 5.56 Å². The number of amides is 2. The van der Waals surface area contributed by atoms with Gasteiger partial charge in [-0.1, -0.05) is 36.4 Å². The van der Waals surface area contributed by atoms with Crippen LogP contribution in [0.5, 0.6) is 5.75 Å². The fraction of sp³-hybridized carbons (Fsp3) is 0.227. The standard InChI is InChI=1S/C22H18N2O4/c25-15-8-6-14(7-9-15)24-21(27)18-16-10-11-17(26)20(19(18)22(24)28)23(16)12-13-4-2-1-3-5-13/h1-11,16,18-20,25H,12H2/t16-,18-,19-,20+/m0/s1. The molecule has 6 nitrogen and oxygen atoms in total. The van der Waals surface area contributed by atoms with E-state index in [0.717, 1.165) is 5.56 Å². The first-order valence-electron chi connectivity index (χ1n) is 9.25. The number of phenolic OH excluding ortho intramolecular Hbond substituents is 1. The zero-order valence-corrected chi connectivity index (χ0v) is 14.9. The van der Waals surface area contributed by atoms with Crippen molar-refractivity contribution in [3.63, 3.8) is 0 Å². The summed E-state index contributed by atoms with van der Waals surface area (Å²) >= 11 is 0. The van der Waals surface area contributed by atoms with Gasteiger partial charge in [-0.15, -0.1) is 0 Å². The summed E-state index contributed by atoms with van der Waals surface area (Å²) in [5, 5.41) is 9.48. The maximum Gasteiger partial charge on any atom is 0.239 e. The number of aromatic hydroxyl groups is 1. The molecule has 2 aromatic rings. The fourth-order valence-electron chi connectivity index (χ4n) is 4.72. The molecule has 2 aromatic carbocycles. The van der Waals surface area contributed by atoms with Gasteiger partial charge in [-0.3, -0.25) is 19.3 Å². The third kappa shape index (κ3) is 2.34. The lowest BCUT2D eigenvalue weighted by Crippen LogP contribution is -2.48. The predicted octanol–water partition coefficient (Wildman–Crippen LogP) is 1.89. The molecule has 3 aliphatic heterocycles. The van der Waals surface area contributed by atoms with E-state index in [0.29, 0.717) is 12.2 Å². The molecule has 2 amide bonds. The van der Waals surface area contributed by atoms with Crippen molar-refractivity contribution in [2.45, 2.75) is 18.6 Å². The molecular weight excluding hydrogens is 356 g/mol. The number of anilines is 1. The van der Waals surface area contributed by atoms with Crippen LogP contribution in [0.4, 0.5) is 5.69 Å². The summed E-state index contributed by atoms with van der Waals surface area (Å²) in [6.07, 6.45) is 3.28. The van der Waals surface area contributed by atoms with Crippen molar-refractivity contribution in [3.8, 4) is 5.75 Å². The van der Waals surface area contributed by atoms with Crippen LogP contribution in [0.15, 0.2) is 66.7 Å². The van der Waals surface area contributed by atoms with Crippen LogP contribution in [-0.4, -0.2) is 39.7 Å². The zero-order chi connectivity index (χ0) is 19.4. The van der Waals surface area contributed by atoms with Crippen molar-refractivity contribution in [1.29, 1.82) is 0 Å². The second kappa shape index (κ2) is 6.14. The maximum absolute atomic E-state index is 13.2. The summed E-state index contributed by atoms with van der Waals surface area (Å²) in [6, 6.07) is 14.8. The van der Waals surface area contributed by atoms with E-state index in [1.165, 1.54) is 23.1 Å². The highest BCUT2D eigenvalue weighted by molar-refractivity contribution is 6.24. The number of rotatable bonds is 3. The molecule has 0 aromatic heterocycles. The summed E-state index contributed by atoms with van der Waals surface area (Å²) in [5.74, 6) is -1.95. The third-order valence-corrected chi connectivity index (χ3v) is 5.91. The molecule has 5 rings (SSSR count). The van der Waals surface area contributed by atoms with Gasteiger partial charge in [-0.25, -0.2) is 4.90 Å². The average molecular weight is 374 g/mol.